The number of nitrogen functional groups attached to an aromatic ring is 1. The van der Waals surface area contributed by atoms with E-state index in [0.29, 0.717) is 11.3 Å². The van der Waals surface area contributed by atoms with Crippen molar-refractivity contribution in [1.29, 1.82) is 0 Å². The van der Waals surface area contributed by atoms with E-state index in [1.165, 1.54) is 0 Å². The van der Waals surface area contributed by atoms with Crippen LogP contribution in [-0.2, 0) is 0 Å². The van der Waals surface area contributed by atoms with Crippen LogP contribution < -0.4 is 15.8 Å². The van der Waals surface area contributed by atoms with Gasteiger partial charge in [0, 0.05) is 16.9 Å². The molecule has 0 spiro atoms. The Kier molecular flexibility index (Phi) is 3.94. The third kappa shape index (κ3) is 2.91. The molecule has 2 aromatic rings. The third-order valence-electron chi connectivity index (χ3n) is 3.15. The molecule has 2 rings (SSSR count). The number of hydrogen-bond donors (Lipinski definition) is 2. The fourth-order valence-electron chi connectivity index (χ4n) is 2.12. The predicted molar refractivity (Wildman–Crippen MR) is 81.3 cm³/mol. The largest absolute Gasteiger partial charge is 0.497 e. The zero-order valence-electron chi connectivity index (χ0n) is 11.9. The lowest BCUT2D eigenvalue weighted by molar-refractivity contribution is 0.102. The Balaban J connectivity index is 2.23. The highest BCUT2D eigenvalue weighted by atomic mass is 16.5. The van der Waals surface area contributed by atoms with Crippen LogP contribution in [0.25, 0.3) is 0 Å². The summed E-state index contributed by atoms with van der Waals surface area (Å²) in [5, 5.41) is 2.92. The number of nitrogens with one attached hydrogen (secondary N) is 1. The van der Waals surface area contributed by atoms with E-state index in [-0.39, 0.29) is 5.91 Å². The molecule has 0 aliphatic rings. The Morgan fingerprint density at radius 3 is 2.15 bits per heavy atom. The lowest BCUT2D eigenvalue weighted by Gasteiger charge is -2.13. The molecule has 2 aromatic carbocycles. The number of carbonyl (C=O) groups excluding carboxylic acids is 1. The van der Waals surface area contributed by atoms with Crippen molar-refractivity contribution >= 4 is 17.3 Å². The number of aryl methyl sites for hydroxylation is 2. The van der Waals surface area contributed by atoms with Crippen molar-refractivity contribution in [2.75, 3.05) is 18.2 Å². The Bertz CT molecular complexity index is 610. The van der Waals surface area contributed by atoms with Gasteiger partial charge in [0.15, 0.2) is 0 Å². The zero-order valence-corrected chi connectivity index (χ0v) is 11.9. The Hall–Kier alpha value is -2.49. The van der Waals surface area contributed by atoms with Crippen molar-refractivity contribution in [3.63, 3.8) is 0 Å². The summed E-state index contributed by atoms with van der Waals surface area (Å²) < 4.78 is 5.07. The SMILES string of the molecule is COc1ccc(C(=O)Nc2c(C)cc(N)cc2C)cc1. The summed E-state index contributed by atoms with van der Waals surface area (Å²) in [5.41, 5.74) is 9.76. The van der Waals surface area contributed by atoms with Crippen molar-refractivity contribution in [3.8, 4) is 5.75 Å². The lowest BCUT2D eigenvalue weighted by Crippen LogP contribution is -2.14. The topological polar surface area (TPSA) is 64.3 Å². The van der Waals surface area contributed by atoms with Gasteiger partial charge in [0.25, 0.3) is 5.91 Å². The van der Waals surface area contributed by atoms with Gasteiger partial charge in [0.1, 0.15) is 5.75 Å². The summed E-state index contributed by atoms with van der Waals surface area (Å²) in [5.74, 6) is 0.574. The molecule has 20 heavy (non-hydrogen) atoms. The third-order valence-corrected chi connectivity index (χ3v) is 3.15. The van der Waals surface area contributed by atoms with E-state index in [9.17, 15) is 4.79 Å². The molecule has 0 unspecified atom stereocenters. The Morgan fingerprint density at radius 1 is 1.10 bits per heavy atom. The first-order valence-electron chi connectivity index (χ1n) is 6.33. The minimum atomic E-state index is -0.149. The summed E-state index contributed by atoms with van der Waals surface area (Å²) in [6, 6.07) is 10.7. The van der Waals surface area contributed by atoms with Crippen LogP contribution >= 0.6 is 0 Å². The summed E-state index contributed by atoms with van der Waals surface area (Å²) in [6.07, 6.45) is 0. The minimum Gasteiger partial charge on any atom is -0.497 e. The number of nitrogens with two attached hydrogens (primary N) is 1. The number of amides is 1. The highest BCUT2D eigenvalue weighted by Gasteiger charge is 2.10. The van der Waals surface area contributed by atoms with Gasteiger partial charge in [-0.2, -0.15) is 0 Å². The van der Waals surface area contributed by atoms with Gasteiger partial charge in [-0.25, -0.2) is 0 Å². The van der Waals surface area contributed by atoms with Crippen molar-refractivity contribution < 1.29 is 9.53 Å². The van der Waals surface area contributed by atoms with Crippen LogP contribution in [0.15, 0.2) is 36.4 Å². The summed E-state index contributed by atoms with van der Waals surface area (Å²) in [6.45, 7) is 3.85. The maximum atomic E-state index is 12.2. The summed E-state index contributed by atoms with van der Waals surface area (Å²) in [7, 11) is 1.59. The molecule has 3 N–H and O–H groups in total. The van der Waals surface area contributed by atoms with Gasteiger partial charge in [0.2, 0.25) is 0 Å². The Morgan fingerprint density at radius 2 is 1.65 bits per heavy atom. The molecule has 0 aliphatic heterocycles. The van der Waals surface area contributed by atoms with Gasteiger partial charge >= 0.3 is 0 Å². The van der Waals surface area contributed by atoms with E-state index >= 15 is 0 Å². The number of anilines is 2. The van der Waals surface area contributed by atoms with Gasteiger partial charge in [0.05, 0.1) is 7.11 Å². The van der Waals surface area contributed by atoms with Crippen LogP contribution in [0.1, 0.15) is 21.5 Å². The second-order valence-corrected chi connectivity index (χ2v) is 4.71. The highest BCUT2D eigenvalue weighted by molar-refractivity contribution is 6.05. The van der Waals surface area contributed by atoms with E-state index in [0.717, 1.165) is 22.6 Å². The summed E-state index contributed by atoms with van der Waals surface area (Å²) >= 11 is 0. The highest BCUT2D eigenvalue weighted by Crippen LogP contribution is 2.24. The molecule has 0 saturated carbocycles. The molecular weight excluding hydrogens is 252 g/mol. The van der Waals surface area contributed by atoms with Gasteiger partial charge in [-0.3, -0.25) is 4.79 Å². The first kappa shape index (κ1) is 13.9. The minimum absolute atomic E-state index is 0.149. The molecule has 0 fully saturated rings. The van der Waals surface area contributed by atoms with E-state index < -0.39 is 0 Å². The number of hydrogen-bond acceptors (Lipinski definition) is 3. The monoisotopic (exact) mass is 270 g/mol. The van der Waals surface area contributed by atoms with Crippen LogP contribution in [0.5, 0.6) is 5.75 Å². The first-order chi connectivity index (χ1) is 9.51. The Labute approximate surface area is 118 Å². The number of methoxy groups -OCH3 is 1. The molecule has 0 aromatic heterocycles. The molecule has 0 radical (unpaired) electrons. The molecule has 0 bridgehead atoms. The number of ether oxygens (including phenoxy) is 1. The smallest absolute Gasteiger partial charge is 0.255 e. The van der Waals surface area contributed by atoms with Gasteiger partial charge in [-0.1, -0.05) is 0 Å². The van der Waals surface area contributed by atoms with E-state index in [4.69, 9.17) is 10.5 Å². The standard InChI is InChI=1S/C16H18N2O2/c1-10-8-13(17)9-11(2)15(10)18-16(19)12-4-6-14(20-3)7-5-12/h4-9H,17H2,1-3H3,(H,18,19). The predicted octanol–water partition coefficient (Wildman–Crippen LogP) is 3.15. The second kappa shape index (κ2) is 5.65. The molecule has 4 heteroatoms. The molecule has 0 heterocycles. The van der Waals surface area contributed by atoms with Crippen molar-refractivity contribution in [3.05, 3.63) is 53.1 Å². The maximum absolute atomic E-state index is 12.2. The molecule has 4 nitrogen and oxygen atoms in total. The maximum Gasteiger partial charge on any atom is 0.255 e. The normalized spacial score (nSPS) is 10.2. The average molecular weight is 270 g/mol. The molecular formula is C16H18N2O2. The summed E-state index contributed by atoms with van der Waals surface area (Å²) in [4.78, 5) is 12.2. The molecule has 0 saturated heterocycles. The molecule has 1 amide bonds. The lowest BCUT2D eigenvalue weighted by atomic mass is 10.1. The van der Waals surface area contributed by atoms with Crippen LogP contribution in [-0.4, -0.2) is 13.0 Å². The van der Waals surface area contributed by atoms with E-state index in [1.54, 1.807) is 31.4 Å². The van der Waals surface area contributed by atoms with E-state index in [1.807, 2.05) is 26.0 Å². The molecule has 0 atom stereocenters. The fourth-order valence-corrected chi connectivity index (χ4v) is 2.12. The average Bonchev–Trinajstić information content (AvgIpc) is 2.42. The van der Waals surface area contributed by atoms with Gasteiger partial charge in [-0.05, 0) is 61.4 Å². The number of carbonyl (C=O) groups is 1. The molecule has 0 aliphatic carbocycles. The zero-order chi connectivity index (χ0) is 14.7. The van der Waals surface area contributed by atoms with Crippen molar-refractivity contribution in [1.82, 2.24) is 0 Å². The van der Waals surface area contributed by atoms with Crippen LogP contribution in [0, 0.1) is 13.8 Å². The first-order valence-corrected chi connectivity index (χ1v) is 6.33. The van der Waals surface area contributed by atoms with Crippen molar-refractivity contribution in [2.45, 2.75) is 13.8 Å². The quantitative estimate of drug-likeness (QED) is 0.842. The van der Waals surface area contributed by atoms with Crippen molar-refractivity contribution in [2.24, 2.45) is 0 Å². The van der Waals surface area contributed by atoms with Gasteiger partial charge < -0.3 is 15.8 Å². The number of rotatable bonds is 3. The fraction of sp³-hybridized carbons (Fsp3) is 0.188. The molecule has 104 valence electrons. The van der Waals surface area contributed by atoms with Crippen LogP contribution in [0.2, 0.25) is 0 Å². The van der Waals surface area contributed by atoms with Crippen LogP contribution in [0.4, 0.5) is 11.4 Å². The second-order valence-electron chi connectivity index (χ2n) is 4.71. The van der Waals surface area contributed by atoms with Gasteiger partial charge in [-0.15, -0.1) is 0 Å². The van der Waals surface area contributed by atoms with Crippen LogP contribution in [0.3, 0.4) is 0 Å². The van der Waals surface area contributed by atoms with E-state index in [2.05, 4.69) is 5.32 Å². The number of benzene rings is 2.